The second-order valence-corrected chi connectivity index (χ2v) is 4.19. The van der Waals surface area contributed by atoms with Crippen molar-refractivity contribution in [2.75, 3.05) is 26.9 Å². The van der Waals surface area contributed by atoms with Crippen molar-refractivity contribution in [1.29, 1.82) is 0 Å². The molecule has 1 atom stereocenters. The highest BCUT2D eigenvalue weighted by Gasteiger charge is 2.09. The lowest BCUT2D eigenvalue weighted by Gasteiger charge is -2.17. The predicted molar refractivity (Wildman–Crippen MR) is 75.1 cm³/mol. The fourth-order valence-corrected chi connectivity index (χ4v) is 2.00. The summed E-state index contributed by atoms with van der Waals surface area (Å²) in [4.78, 5) is 0. The van der Waals surface area contributed by atoms with Crippen LogP contribution in [0.4, 0.5) is 0 Å². The molecule has 1 N–H and O–H groups in total. The van der Waals surface area contributed by atoms with Gasteiger partial charge in [-0.2, -0.15) is 0 Å². The zero-order chi connectivity index (χ0) is 13.2. The summed E-state index contributed by atoms with van der Waals surface area (Å²) in [7, 11) is 2.00. The Hall–Kier alpha value is -1.06. The summed E-state index contributed by atoms with van der Waals surface area (Å²) in [5, 5.41) is 3.35. The molecular formula is C15H25NO2. The maximum Gasteiger partial charge on any atom is 0.119 e. The average molecular weight is 251 g/mol. The van der Waals surface area contributed by atoms with Crippen molar-refractivity contribution in [1.82, 2.24) is 5.32 Å². The molecule has 0 saturated heterocycles. The smallest absolute Gasteiger partial charge is 0.119 e. The average Bonchev–Trinajstić information content (AvgIpc) is 2.40. The van der Waals surface area contributed by atoms with E-state index in [-0.39, 0.29) is 0 Å². The van der Waals surface area contributed by atoms with Crippen LogP contribution >= 0.6 is 0 Å². The van der Waals surface area contributed by atoms with Crippen molar-refractivity contribution < 1.29 is 9.47 Å². The van der Waals surface area contributed by atoms with Gasteiger partial charge in [0.25, 0.3) is 0 Å². The number of nitrogens with one attached hydrogen (secondary N) is 1. The highest BCUT2D eigenvalue weighted by molar-refractivity contribution is 5.30. The summed E-state index contributed by atoms with van der Waals surface area (Å²) >= 11 is 0. The van der Waals surface area contributed by atoms with E-state index in [0.29, 0.717) is 12.6 Å². The molecule has 1 unspecified atom stereocenters. The molecule has 0 fully saturated rings. The quantitative estimate of drug-likeness (QED) is 0.684. The van der Waals surface area contributed by atoms with Crippen LogP contribution in [0.2, 0.25) is 0 Å². The van der Waals surface area contributed by atoms with E-state index in [1.165, 1.54) is 5.56 Å². The number of benzene rings is 1. The first kappa shape index (κ1) is 15.0. The van der Waals surface area contributed by atoms with Crippen molar-refractivity contribution >= 4 is 0 Å². The number of rotatable bonds is 9. The zero-order valence-electron chi connectivity index (χ0n) is 11.7. The van der Waals surface area contributed by atoms with Crippen molar-refractivity contribution in [3.8, 4) is 5.75 Å². The molecule has 0 bridgehead atoms. The van der Waals surface area contributed by atoms with Gasteiger partial charge in [-0.1, -0.05) is 12.1 Å². The van der Waals surface area contributed by atoms with E-state index in [2.05, 4.69) is 17.4 Å². The molecule has 0 heterocycles. The lowest BCUT2D eigenvalue weighted by molar-refractivity contribution is 0.141. The third-order valence-electron chi connectivity index (χ3n) is 2.91. The van der Waals surface area contributed by atoms with Gasteiger partial charge in [0.1, 0.15) is 5.75 Å². The Morgan fingerprint density at radius 2 is 2.06 bits per heavy atom. The first-order chi connectivity index (χ1) is 8.81. The fraction of sp³-hybridized carbons (Fsp3) is 0.600. The van der Waals surface area contributed by atoms with Crippen LogP contribution in [0.3, 0.4) is 0 Å². The Labute approximate surface area is 110 Å². The van der Waals surface area contributed by atoms with Gasteiger partial charge in [-0.15, -0.1) is 0 Å². The largest absolute Gasteiger partial charge is 0.494 e. The Morgan fingerprint density at radius 1 is 1.22 bits per heavy atom. The summed E-state index contributed by atoms with van der Waals surface area (Å²) in [5.74, 6) is 0.944. The van der Waals surface area contributed by atoms with Crippen LogP contribution in [0.1, 0.15) is 38.3 Å². The molecule has 18 heavy (non-hydrogen) atoms. The summed E-state index contributed by atoms with van der Waals surface area (Å²) in [6.07, 6.45) is 2.14. The lowest BCUT2D eigenvalue weighted by Crippen LogP contribution is -2.17. The minimum atomic E-state index is 0.367. The van der Waals surface area contributed by atoms with E-state index in [4.69, 9.17) is 9.47 Å². The second kappa shape index (κ2) is 8.95. The molecule has 0 aliphatic rings. The Morgan fingerprint density at radius 3 is 2.72 bits per heavy atom. The van der Waals surface area contributed by atoms with Crippen LogP contribution in [-0.2, 0) is 4.74 Å². The summed E-state index contributed by atoms with van der Waals surface area (Å²) in [5.41, 5.74) is 1.28. The SMILES string of the molecule is CCOCCCC(NC)c1cccc(OCC)c1. The van der Waals surface area contributed by atoms with Gasteiger partial charge in [0.05, 0.1) is 6.61 Å². The topological polar surface area (TPSA) is 30.5 Å². The predicted octanol–water partition coefficient (Wildman–Crippen LogP) is 3.16. The van der Waals surface area contributed by atoms with Gasteiger partial charge in [-0.3, -0.25) is 0 Å². The molecule has 0 spiro atoms. The van der Waals surface area contributed by atoms with Crippen LogP contribution in [0.25, 0.3) is 0 Å². The summed E-state index contributed by atoms with van der Waals surface area (Å²) < 4.78 is 10.9. The van der Waals surface area contributed by atoms with Crippen molar-refractivity contribution in [2.24, 2.45) is 0 Å². The van der Waals surface area contributed by atoms with Crippen LogP contribution in [0.15, 0.2) is 24.3 Å². The molecule has 102 valence electrons. The number of hydrogen-bond acceptors (Lipinski definition) is 3. The monoisotopic (exact) mass is 251 g/mol. The third-order valence-corrected chi connectivity index (χ3v) is 2.91. The van der Waals surface area contributed by atoms with E-state index in [9.17, 15) is 0 Å². The molecule has 0 amide bonds. The normalized spacial score (nSPS) is 12.4. The highest BCUT2D eigenvalue weighted by Crippen LogP contribution is 2.22. The molecule has 1 rings (SSSR count). The van der Waals surface area contributed by atoms with Crippen LogP contribution in [0, 0.1) is 0 Å². The first-order valence-electron chi connectivity index (χ1n) is 6.79. The standard InChI is InChI=1S/C15H25NO2/c1-4-17-11-7-10-15(16-3)13-8-6-9-14(12-13)18-5-2/h6,8-9,12,15-16H,4-5,7,10-11H2,1-3H3. The van der Waals surface area contributed by atoms with Crippen molar-refractivity contribution in [3.63, 3.8) is 0 Å². The minimum absolute atomic E-state index is 0.367. The van der Waals surface area contributed by atoms with Gasteiger partial charge in [-0.25, -0.2) is 0 Å². The highest BCUT2D eigenvalue weighted by atomic mass is 16.5. The molecular weight excluding hydrogens is 226 g/mol. The number of ether oxygens (including phenoxy) is 2. The summed E-state index contributed by atoms with van der Waals surface area (Å²) in [6, 6.07) is 8.67. The molecule has 0 radical (unpaired) electrons. The van der Waals surface area contributed by atoms with Gasteiger partial charge in [0.2, 0.25) is 0 Å². The van der Waals surface area contributed by atoms with E-state index in [1.54, 1.807) is 0 Å². The molecule has 0 aliphatic carbocycles. The minimum Gasteiger partial charge on any atom is -0.494 e. The maximum absolute atomic E-state index is 5.53. The van der Waals surface area contributed by atoms with Crippen molar-refractivity contribution in [2.45, 2.75) is 32.7 Å². The van der Waals surface area contributed by atoms with Gasteiger partial charge in [0, 0.05) is 19.3 Å². The van der Waals surface area contributed by atoms with Crippen LogP contribution < -0.4 is 10.1 Å². The van der Waals surface area contributed by atoms with Crippen LogP contribution in [-0.4, -0.2) is 26.9 Å². The van der Waals surface area contributed by atoms with E-state index in [0.717, 1.165) is 31.8 Å². The molecule has 0 aliphatic heterocycles. The third kappa shape index (κ3) is 5.07. The van der Waals surface area contributed by atoms with Crippen LogP contribution in [0.5, 0.6) is 5.75 Å². The Kier molecular flexibility index (Phi) is 7.46. The molecule has 0 saturated carbocycles. The van der Waals surface area contributed by atoms with E-state index < -0.39 is 0 Å². The molecule has 1 aromatic rings. The molecule has 3 nitrogen and oxygen atoms in total. The summed E-state index contributed by atoms with van der Waals surface area (Å²) in [6.45, 7) is 6.37. The molecule has 1 aromatic carbocycles. The van der Waals surface area contributed by atoms with Crippen molar-refractivity contribution in [3.05, 3.63) is 29.8 Å². The van der Waals surface area contributed by atoms with E-state index in [1.807, 2.05) is 33.0 Å². The van der Waals surface area contributed by atoms with Gasteiger partial charge < -0.3 is 14.8 Å². The van der Waals surface area contributed by atoms with Gasteiger partial charge in [-0.05, 0) is 51.4 Å². The second-order valence-electron chi connectivity index (χ2n) is 4.19. The maximum atomic E-state index is 5.53. The fourth-order valence-electron chi connectivity index (χ4n) is 2.00. The number of hydrogen-bond donors (Lipinski definition) is 1. The molecule has 3 heteroatoms. The lowest BCUT2D eigenvalue weighted by atomic mass is 10.0. The van der Waals surface area contributed by atoms with Gasteiger partial charge >= 0.3 is 0 Å². The molecule has 0 aromatic heterocycles. The Bertz CT molecular complexity index is 328. The van der Waals surface area contributed by atoms with Gasteiger partial charge in [0.15, 0.2) is 0 Å². The first-order valence-corrected chi connectivity index (χ1v) is 6.79. The Balaban J connectivity index is 2.54. The van der Waals surface area contributed by atoms with E-state index >= 15 is 0 Å². The zero-order valence-corrected chi connectivity index (χ0v) is 11.7.